The number of amides is 1. The van der Waals surface area contributed by atoms with Crippen molar-refractivity contribution >= 4 is 5.91 Å². The zero-order valence-corrected chi connectivity index (χ0v) is 11.6. The molecule has 18 heavy (non-hydrogen) atoms. The highest BCUT2D eigenvalue weighted by Crippen LogP contribution is 2.32. The van der Waals surface area contributed by atoms with E-state index in [0.29, 0.717) is 12.5 Å². The molecule has 0 aromatic heterocycles. The molecule has 0 aromatic rings. The largest absolute Gasteiger partial charge is 0.368 e. The van der Waals surface area contributed by atoms with Crippen LogP contribution in [0.15, 0.2) is 0 Å². The van der Waals surface area contributed by atoms with Crippen LogP contribution < -0.4 is 5.32 Å². The number of carbonyl (C=O) groups excluding carboxylic acids is 1. The molecule has 2 aliphatic carbocycles. The van der Waals surface area contributed by atoms with Gasteiger partial charge in [0.25, 0.3) is 0 Å². The van der Waals surface area contributed by atoms with Crippen LogP contribution in [0.3, 0.4) is 0 Å². The topological polar surface area (TPSA) is 38.3 Å². The van der Waals surface area contributed by atoms with E-state index < -0.39 is 0 Å². The van der Waals surface area contributed by atoms with Crippen LogP contribution in [0, 0.1) is 11.8 Å². The minimum Gasteiger partial charge on any atom is -0.368 e. The van der Waals surface area contributed by atoms with Crippen molar-refractivity contribution in [1.82, 2.24) is 5.32 Å². The highest BCUT2D eigenvalue weighted by Gasteiger charge is 2.28. The molecule has 0 spiro atoms. The minimum absolute atomic E-state index is 0.0994. The van der Waals surface area contributed by atoms with E-state index in [9.17, 15) is 4.79 Å². The van der Waals surface area contributed by atoms with E-state index >= 15 is 0 Å². The molecule has 0 aliphatic heterocycles. The Morgan fingerprint density at radius 1 is 1.17 bits per heavy atom. The van der Waals surface area contributed by atoms with Gasteiger partial charge in [0.15, 0.2) is 0 Å². The maximum atomic E-state index is 12.0. The zero-order valence-electron chi connectivity index (χ0n) is 11.6. The van der Waals surface area contributed by atoms with Crippen molar-refractivity contribution in [2.24, 2.45) is 11.8 Å². The van der Waals surface area contributed by atoms with Gasteiger partial charge in [0.05, 0.1) is 6.61 Å². The van der Waals surface area contributed by atoms with Gasteiger partial charge in [-0.05, 0) is 38.0 Å². The van der Waals surface area contributed by atoms with Gasteiger partial charge < -0.3 is 10.1 Å². The maximum Gasteiger partial charge on any atom is 0.249 e. The number of ether oxygens (including phenoxy) is 1. The van der Waals surface area contributed by atoms with Crippen LogP contribution >= 0.6 is 0 Å². The third-order valence-electron chi connectivity index (χ3n) is 4.42. The molecule has 1 atom stereocenters. The van der Waals surface area contributed by atoms with Crippen molar-refractivity contribution in [1.29, 1.82) is 0 Å². The molecular formula is C15H27NO2. The van der Waals surface area contributed by atoms with Gasteiger partial charge in [0, 0.05) is 6.54 Å². The molecule has 1 amide bonds. The van der Waals surface area contributed by atoms with Crippen LogP contribution in [-0.2, 0) is 9.53 Å². The van der Waals surface area contributed by atoms with Crippen LogP contribution in [0.5, 0.6) is 0 Å². The number of nitrogens with one attached hydrogen (secondary N) is 1. The number of hydrogen-bond donors (Lipinski definition) is 1. The van der Waals surface area contributed by atoms with Gasteiger partial charge in [-0.15, -0.1) is 0 Å². The summed E-state index contributed by atoms with van der Waals surface area (Å²) < 4.78 is 5.93. The number of rotatable bonds is 7. The van der Waals surface area contributed by atoms with Gasteiger partial charge in [0.2, 0.25) is 5.91 Å². The van der Waals surface area contributed by atoms with E-state index in [0.717, 1.165) is 18.9 Å². The molecule has 104 valence electrons. The van der Waals surface area contributed by atoms with Crippen LogP contribution in [0.4, 0.5) is 0 Å². The van der Waals surface area contributed by atoms with Crippen molar-refractivity contribution in [3.05, 3.63) is 0 Å². The van der Waals surface area contributed by atoms with Gasteiger partial charge in [-0.25, -0.2) is 0 Å². The Labute approximate surface area is 111 Å². The summed E-state index contributed by atoms with van der Waals surface area (Å²) in [5.74, 6) is 1.52. The van der Waals surface area contributed by atoms with E-state index in [1.165, 1.54) is 44.9 Å². The molecule has 1 unspecified atom stereocenters. The number of likely N-dealkylation sites (N-methyl/N-ethyl adjacent to an activating group) is 1. The molecule has 3 heteroatoms. The molecule has 2 rings (SSSR count). The number of hydrogen-bond acceptors (Lipinski definition) is 2. The van der Waals surface area contributed by atoms with Crippen molar-refractivity contribution < 1.29 is 9.53 Å². The molecule has 2 fully saturated rings. The average Bonchev–Trinajstić information content (AvgIpc) is 2.80. The van der Waals surface area contributed by atoms with Gasteiger partial charge in [0.1, 0.15) is 6.10 Å². The molecule has 0 heterocycles. The normalized spacial score (nSPS) is 22.7. The van der Waals surface area contributed by atoms with Gasteiger partial charge in [-0.3, -0.25) is 4.79 Å². The first-order chi connectivity index (χ1) is 8.79. The first kappa shape index (κ1) is 13.9. The fourth-order valence-corrected chi connectivity index (χ4v) is 3.00. The quantitative estimate of drug-likeness (QED) is 0.757. The summed E-state index contributed by atoms with van der Waals surface area (Å²) >= 11 is 0. The van der Waals surface area contributed by atoms with Crippen molar-refractivity contribution in [2.75, 3.05) is 13.2 Å². The lowest BCUT2D eigenvalue weighted by atomic mass is 9.81. The van der Waals surface area contributed by atoms with E-state index in [-0.39, 0.29) is 12.0 Å². The summed E-state index contributed by atoms with van der Waals surface area (Å²) in [5, 5.41) is 2.91. The molecule has 0 saturated heterocycles. The van der Waals surface area contributed by atoms with Crippen LogP contribution in [-0.4, -0.2) is 25.2 Å². The Kier molecular flexibility index (Phi) is 5.48. The standard InChI is InChI=1S/C15H27NO2/c1-2-16-15(17)14(10-12-8-5-9-12)18-11-13-6-3-4-7-13/h12-14H,2-11H2,1H3,(H,16,17). The van der Waals surface area contributed by atoms with E-state index in [4.69, 9.17) is 4.74 Å². The molecule has 1 N–H and O–H groups in total. The second kappa shape index (κ2) is 7.13. The molecule has 0 bridgehead atoms. The van der Waals surface area contributed by atoms with Crippen LogP contribution in [0.1, 0.15) is 58.3 Å². The van der Waals surface area contributed by atoms with Gasteiger partial charge >= 0.3 is 0 Å². The van der Waals surface area contributed by atoms with Crippen molar-refractivity contribution in [3.63, 3.8) is 0 Å². The third kappa shape index (κ3) is 3.98. The average molecular weight is 253 g/mol. The molecule has 2 saturated carbocycles. The first-order valence-corrected chi connectivity index (χ1v) is 7.69. The Bertz CT molecular complexity index is 257. The predicted molar refractivity (Wildman–Crippen MR) is 72.3 cm³/mol. The first-order valence-electron chi connectivity index (χ1n) is 7.69. The lowest BCUT2D eigenvalue weighted by Gasteiger charge is -2.29. The summed E-state index contributed by atoms with van der Waals surface area (Å²) in [7, 11) is 0. The van der Waals surface area contributed by atoms with Gasteiger partial charge in [-0.2, -0.15) is 0 Å². The van der Waals surface area contributed by atoms with Crippen LogP contribution in [0.25, 0.3) is 0 Å². The summed E-state index contributed by atoms with van der Waals surface area (Å²) in [6, 6.07) is 0. The molecular weight excluding hydrogens is 226 g/mol. The number of carbonyl (C=O) groups is 1. The SMILES string of the molecule is CCNC(=O)C(CC1CCC1)OCC1CCCC1. The Balaban J connectivity index is 1.76. The fourth-order valence-electron chi connectivity index (χ4n) is 3.00. The Morgan fingerprint density at radius 3 is 2.39 bits per heavy atom. The minimum atomic E-state index is -0.198. The van der Waals surface area contributed by atoms with Crippen molar-refractivity contribution in [3.8, 4) is 0 Å². The second-order valence-electron chi connectivity index (χ2n) is 5.90. The van der Waals surface area contributed by atoms with Gasteiger partial charge in [-0.1, -0.05) is 32.1 Å². The Hall–Kier alpha value is -0.570. The summed E-state index contributed by atoms with van der Waals surface area (Å²) in [5.41, 5.74) is 0. The molecule has 3 nitrogen and oxygen atoms in total. The molecule has 0 aromatic carbocycles. The second-order valence-corrected chi connectivity index (χ2v) is 5.90. The maximum absolute atomic E-state index is 12.0. The zero-order chi connectivity index (χ0) is 12.8. The monoisotopic (exact) mass is 253 g/mol. The summed E-state index contributed by atoms with van der Waals surface area (Å²) in [6.07, 6.45) is 9.86. The van der Waals surface area contributed by atoms with E-state index in [1.807, 2.05) is 6.92 Å². The lowest BCUT2D eigenvalue weighted by molar-refractivity contribution is -0.135. The van der Waals surface area contributed by atoms with Crippen molar-refractivity contribution in [2.45, 2.75) is 64.4 Å². The predicted octanol–water partition coefficient (Wildman–Crippen LogP) is 2.89. The lowest BCUT2D eigenvalue weighted by Crippen LogP contribution is -2.39. The third-order valence-corrected chi connectivity index (χ3v) is 4.42. The smallest absolute Gasteiger partial charge is 0.249 e. The summed E-state index contributed by atoms with van der Waals surface area (Å²) in [6.45, 7) is 3.45. The van der Waals surface area contributed by atoms with E-state index in [1.54, 1.807) is 0 Å². The highest BCUT2D eigenvalue weighted by molar-refractivity contribution is 5.80. The summed E-state index contributed by atoms with van der Waals surface area (Å²) in [4.78, 5) is 12.0. The molecule has 2 aliphatic rings. The molecule has 0 radical (unpaired) electrons. The fraction of sp³-hybridized carbons (Fsp3) is 0.933. The van der Waals surface area contributed by atoms with E-state index in [2.05, 4.69) is 5.32 Å². The highest BCUT2D eigenvalue weighted by atomic mass is 16.5. The van der Waals surface area contributed by atoms with Crippen LogP contribution in [0.2, 0.25) is 0 Å². The Morgan fingerprint density at radius 2 is 1.83 bits per heavy atom.